The summed E-state index contributed by atoms with van der Waals surface area (Å²) in [6.07, 6.45) is -9.15. The molecule has 0 aliphatic heterocycles. The molecule has 0 radical (unpaired) electrons. The van der Waals surface area contributed by atoms with E-state index in [1.54, 1.807) is 5.32 Å². The van der Waals surface area contributed by atoms with Crippen LogP contribution in [0.2, 0.25) is 0 Å². The van der Waals surface area contributed by atoms with Crippen molar-refractivity contribution in [3.8, 4) is 0 Å². The molecule has 0 saturated carbocycles. The summed E-state index contributed by atoms with van der Waals surface area (Å²) in [6, 6.07) is 8.08. The third kappa shape index (κ3) is 6.49. The van der Waals surface area contributed by atoms with E-state index in [9.17, 15) is 35.9 Å². The number of rotatable bonds is 4. The first-order valence-corrected chi connectivity index (χ1v) is 7.64. The number of nitrogens with one attached hydrogen (secondary N) is 3. The number of anilines is 2. The molecule has 0 unspecified atom stereocenters. The van der Waals surface area contributed by atoms with Crippen LogP contribution in [0, 0.1) is 0 Å². The number of hydrogen-bond donors (Lipinski definition) is 3. The number of carbonyl (C=O) groups excluding carboxylic acids is 2. The highest BCUT2D eigenvalue weighted by molar-refractivity contribution is 6.01. The van der Waals surface area contributed by atoms with Crippen LogP contribution in [0.25, 0.3) is 0 Å². The second kappa shape index (κ2) is 8.19. The summed E-state index contributed by atoms with van der Waals surface area (Å²) in [6.45, 7) is -1.51. The van der Waals surface area contributed by atoms with E-state index < -0.39 is 36.4 Å². The smallest absolute Gasteiger partial charge is 0.343 e. The molecular formula is C17H13F6N3O2. The molecule has 0 spiro atoms. The second-order valence-electron chi connectivity index (χ2n) is 5.54. The summed E-state index contributed by atoms with van der Waals surface area (Å²) in [5, 5.41) is 6.16. The number of urea groups is 1. The molecule has 0 bridgehead atoms. The highest BCUT2D eigenvalue weighted by Gasteiger charge is 2.30. The van der Waals surface area contributed by atoms with Gasteiger partial charge in [0, 0.05) is 16.9 Å². The number of hydrogen-bond acceptors (Lipinski definition) is 2. The van der Waals surface area contributed by atoms with Gasteiger partial charge in [-0.05, 0) is 36.4 Å². The lowest BCUT2D eigenvalue weighted by molar-refractivity contribution is -0.137. The number of halogens is 6. The number of carbonyl (C=O) groups is 2. The fourth-order valence-corrected chi connectivity index (χ4v) is 2.09. The Balaban J connectivity index is 2.02. The highest BCUT2D eigenvalue weighted by Crippen LogP contribution is 2.30. The average Bonchev–Trinajstić information content (AvgIpc) is 2.58. The maximum Gasteiger partial charge on any atom is 0.416 e. The maximum absolute atomic E-state index is 12.7. The van der Waals surface area contributed by atoms with Crippen LogP contribution in [-0.2, 0) is 6.18 Å². The molecule has 2 aromatic rings. The summed E-state index contributed by atoms with van der Waals surface area (Å²) in [5.74, 6) is -1.00. The zero-order valence-corrected chi connectivity index (χ0v) is 13.9. The Morgan fingerprint density at radius 3 is 1.96 bits per heavy atom. The van der Waals surface area contributed by atoms with E-state index in [0.717, 1.165) is 24.3 Å². The van der Waals surface area contributed by atoms with Gasteiger partial charge in [-0.2, -0.15) is 26.3 Å². The predicted octanol–water partition coefficient (Wildman–Crippen LogP) is 4.64. The van der Waals surface area contributed by atoms with Crippen molar-refractivity contribution < 1.29 is 35.9 Å². The molecule has 0 heterocycles. The predicted molar refractivity (Wildman–Crippen MR) is 88.9 cm³/mol. The van der Waals surface area contributed by atoms with Crippen molar-refractivity contribution in [1.29, 1.82) is 0 Å². The first kappa shape index (κ1) is 21.1. The fourth-order valence-electron chi connectivity index (χ4n) is 2.09. The van der Waals surface area contributed by atoms with Gasteiger partial charge in [-0.25, -0.2) is 4.79 Å². The first-order chi connectivity index (χ1) is 12.9. The van der Waals surface area contributed by atoms with Gasteiger partial charge in [0.1, 0.15) is 6.54 Å². The topological polar surface area (TPSA) is 70.2 Å². The van der Waals surface area contributed by atoms with Crippen molar-refractivity contribution in [2.45, 2.75) is 12.4 Å². The molecule has 0 aliphatic rings. The van der Waals surface area contributed by atoms with Gasteiger partial charge in [0.25, 0.3) is 5.91 Å². The van der Waals surface area contributed by atoms with Crippen molar-refractivity contribution in [3.05, 3.63) is 59.7 Å². The lowest BCUT2D eigenvalue weighted by Gasteiger charge is -2.12. The first-order valence-electron chi connectivity index (χ1n) is 7.64. The van der Waals surface area contributed by atoms with Crippen LogP contribution in [0.4, 0.5) is 42.5 Å². The van der Waals surface area contributed by atoms with Crippen LogP contribution in [0.3, 0.4) is 0 Å². The van der Waals surface area contributed by atoms with Gasteiger partial charge in [-0.3, -0.25) is 4.79 Å². The minimum absolute atomic E-state index is 0.0594. The SMILES string of the molecule is O=C(Nc1cccc(C(=O)NCC(F)(F)F)c1)Nc1cccc(C(F)(F)F)c1. The van der Waals surface area contributed by atoms with E-state index >= 15 is 0 Å². The fraction of sp³-hybridized carbons (Fsp3) is 0.176. The molecule has 0 saturated heterocycles. The van der Waals surface area contributed by atoms with Crippen LogP contribution < -0.4 is 16.0 Å². The minimum atomic E-state index is -4.58. The quantitative estimate of drug-likeness (QED) is 0.649. The molecule has 3 amide bonds. The van der Waals surface area contributed by atoms with E-state index in [0.29, 0.717) is 0 Å². The van der Waals surface area contributed by atoms with Crippen LogP contribution in [0.1, 0.15) is 15.9 Å². The molecule has 28 heavy (non-hydrogen) atoms. The number of benzene rings is 2. The van der Waals surface area contributed by atoms with Crippen molar-refractivity contribution >= 4 is 23.3 Å². The Morgan fingerprint density at radius 1 is 0.821 bits per heavy atom. The van der Waals surface area contributed by atoms with E-state index in [4.69, 9.17) is 0 Å². The van der Waals surface area contributed by atoms with E-state index in [2.05, 4.69) is 10.6 Å². The van der Waals surface area contributed by atoms with Gasteiger partial charge in [0.05, 0.1) is 5.56 Å². The molecular weight excluding hydrogens is 392 g/mol. The van der Waals surface area contributed by atoms with Crippen molar-refractivity contribution in [2.24, 2.45) is 0 Å². The Labute approximate surface area is 154 Å². The van der Waals surface area contributed by atoms with Gasteiger partial charge < -0.3 is 16.0 Å². The summed E-state index contributed by atoms with van der Waals surface area (Å²) in [7, 11) is 0. The zero-order chi connectivity index (χ0) is 20.9. The molecule has 150 valence electrons. The summed E-state index contributed by atoms with van der Waals surface area (Å²) in [5.41, 5.74) is -1.15. The Morgan fingerprint density at radius 2 is 1.39 bits per heavy atom. The third-order valence-corrected chi connectivity index (χ3v) is 3.28. The largest absolute Gasteiger partial charge is 0.416 e. The molecule has 0 aromatic heterocycles. The number of alkyl halides is 6. The van der Waals surface area contributed by atoms with Crippen LogP contribution >= 0.6 is 0 Å². The molecule has 0 aliphatic carbocycles. The minimum Gasteiger partial charge on any atom is -0.343 e. The zero-order valence-electron chi connectivity index (χ0n) is 13.9. The summed E-state index contributed by atoms with van der Waals surface area (Å²) >= 11 is 0. The highest BCUT2D eigenvalue weighted by atomic mass is 19.4. The van der Waals surface area contributed by atoms with Crippen LogP contribution in [-0.4, -0.2) is 24.7 Å². The van der Waals surface area contributed by atoms with Gasteiger partial charge in [0.2, 0.25) is 0 Å². The molecule has 5 nitrogen and oxygen atoms in total. The maximum atomic E-state index is 12.7. The lowest BCUT2D eigenvalue weighted by atomic mass is 10.2. The normalized spacial score (nSPS) is 11.6. The molecule has 11 heteroatoms. The standard InChI is InChI=1S/C17H13F6N3O2/c18-16(19,20)9-24-14(27)10-3-1-5-12(7-10)25-15(28)26-13-6-2-4-11(8-13)17(21,22)23/h1-8H,9H2,(H,24,27)(H2,25,26,28). The van der Waals surface area contributed by atoms with E-state index in [1.165, 1.54) is 24.3 Å². The molecule has 2 aromatic carbocycles. The molecule has 0 atom stereocenters. The van der Waals surface area contributed by atoms with Crippen LogP contribution in [0.15, 0.2) is 48.5 Å². The van der Waals surface area contributed by atoms with Crippen molar-refractivity contribution in [1.82, 2.24) is 5.32 Å². The van der Waals surface area contributed by atoms with Crippen molar-refractivity contribution in [2.75, 3.05) is 17.2 Å². The number of amides is 3. The second-order valence-corrected chi connectivity index (χ2v) is 5.54. The third-order valence-electron chi connectivity index (χ3n) is 3.28. The Kier molecular flexibility index (Phi) is 6.16. The van der Waals surface area contributed by atoms with Gasteiger partial charge in [-0.1, -0.05) is 12.1 Å². The lowest BCUT2D eigenvalue weighted by Crippen LogP contribution is -2.33. The molecule has 0 fully saturated rings. The van der Waals surface area contributed by atoms with E-state index in [-0.39, 0.29) is 16.9 Å². The summed E-state index contributed by atoms with van der Waals surface area (Å²) in [4.78, 5) is 23.6. The monoisotopic (exact) mass is 405 g/mol. The van der Waals surface area contributed by atoms with E-state index in [1.807, 2.05) is 0 Å². The average molecular weight is 405 g/mol. The summed E-state index contributed by atoms with van der Waals surface area (Å²) < 4.78 is 74.4. The van der Waals surface area contributed by atoms with Gasteiger partial charge >= 0.3 is 18.4 Å². The van der Waals surface area contributed by atoms with Gasteiger partial charge in [0.15, 0.2) is 0 Å². The van der Waals surface area contributed by atoms with Gasteiger partial charge in [-0.15, -0.1) is 0 Å². The van der Waals surface area contributed by atoms with Crippen molar-refractivity contribution in [3.63, 3.8) is 0 Å². The molecule has 3 N–H and O–H groups in total. The van der Waals surface area contributed by atoms with Crippen LogP contribution in [0.5, 0.6) is 0 Å². The molecule has 2 rings (SSSR count). The Hall–Kier alpha value is -3.24. The Bertz CT molecular complexity index is 864.